The largest absolute Gasteiger partial charge is 0.379 e. The molecule has 1 saturated heterocycles. The normalized spacial score (nSPS) is 17.9. The van der Waals surface area contributed by atoms with Crippen molar-refractivity contribution in [1.29, 1.82) is 0 Å². The lowest BCUT2D eigenvalue weighted by molar-refractivity contribution is -0.0378. The summed E-state index contributed by atoms with van der Waals surface area (Å²) in [5.74, 6) is 0. The van der Waals surface area contributed by atoms with E-state index in [0.29, 0.717) is 13.3 Å². The maximum Gasteiger partial charge on any atom is 0.0996 e. The number of hydrogen-bond acceptors (Lipinski definition) is 3. The first-order valence-electron chi connectivity index (χ1n) is 5.37. The maximum absolute atomic E-state index is 5.63. The van der Waals surface area contributed by atoms with Gasteiger partial charge < -0.3 is 9.47 Å². The van der Waals surface area contributed by atoms with E-state index in [1.807, 2.05) is 18.2 Å². The van der Waals surface area contributed by atoms with Crippen molar-refractivity contribution < 1.29 is 9.47 Å². The first-order chi connectivity index (χ1) is 7.45. The lowest BCUT2D eigenvalue weighted by atomic mass is 10.2. The number of rotatable bonds is 4. The third kappa shape index (κ3) is 3.63. The highest BCUT2D eigenvalue weighted by atomic mass is 16.5. The number of benzene rings is 1. The van der Waals surface area contributed by atoms with Crippen LogP contribution in [0.5, 0.6) is 0 Å². The lowest BCUT2D eigenvalue weighted by Gasteiger charge is -2.26. The Bertz CT molecular complexity index is 270. The van der Waals surface area contributed by atoms with Crippen molar-refractivity contribution >= 4 is 0 Å². The molecule has 0 saturated carbocycles. The zero-order chi connectivity index (χ0) is 10.3. The molecule has 1 aliphatic rings. The van der Waals surface area contributed by atoms with Crippen molar-refractivity contribution in [3.05, 3.63) is 35.9 Å². The van der Waals surface area contributed by atoms with Gasteiger partial charge in [-0.05, 0) is 5.56 Å². The standard InChI is InChI=1S/C12H17NO2/c1-2-4-12(5-3-1)10-15-11-13-6-8-14-9-7-13/h1-5H,6-11H2. The van der Waals surface area contributed by atoms with Gasteiger partial charge in [-0.25, -0.2) is 0 Å². The number of hydrogen-bond donors (Lipinski definition) is 0. The van der Waals surface area contributed by atoms with Gasteiger partial charge in [0.05, 0.1) is 26.6 Å². The Morgan fingerprint density at radius 1 is 1.13 bits per heavy atom. The average molecular weight is 207 g/mol. The van der Waals surface area contributed by atoms with Crippen LogP contribution in [0, 0.1) is 0 Å². The quantitative estimate of drug-likeness (QED) is 0.746. The number of nitrogens with zero attached hydrogens (tertiary/aromatic N) is 1. The van der Waals surface area contributed by atoms with Crippen LogP contribution in [0.3, 0.4) is 0 Å². The molecule has 3 nitrogen and oxygen atoms in total. The molecule has 1 aromatic rings. The SMILES string of the molecule is c1ccc(COCN2CCOCC2)cc1. The van der Waals surface area contributed by atoms with E-state index in [2.05, 4.69) is 17.0 Å². The van der Waals surface area contributed by atoms with Gasteiger partial charge in [0.1, 0.15) is 0 Å². The summed E-state index contributed by atoms with van der Waals surface area (Å²) in [5.41, 5.74) is 1.23. The zero-order valence-corrected chi connectivity index (χ0v) is 8.89. The lowest BCUT2D eigenvalue weighted by Crippen LogP contribution is -2.37. The topological polar surface area (TPSA) is 21.7 Å². The van der Waals surface area contributed by atoms with Crippen LogP contribution >= 0.6 is 0 Å². The minimum absolute atomic E-state index is 0.693. The van der Waals surface area contributed by atoms with Gasteiger partial charge in [-0.15, -0.1) is 0 Å². The second-order valence-electron chi connectivity index (χ2n) is 3.69. The molecule has 0 N–H and O–H groups in total. The monoisotopic (exact) mass is 207 g/mol. The van der Waals surface area contributed by atoms with E-state index in [1.54, 1.807) is 0 Å². The molecule has 0 radical (unpaired) electrons. The molecule has 0 aliphatic carbocycles. The van der Waals surface area contributed by atoms with Gasteiger partial charge in [0.2, 0.25) is 0 Å². The van der Waals surface area contributed by atoms with E-state index in [0.717, 1.165) is 26.3 Å². The Morgan fingerprint density at radius 2 is 1.87 bits per heavy atom. The fourth-order valence-corrected chi connectivity index (χ4v) is 1.60. The molecule has 15 heavy (non-hydrogen) atoms. The highest BCUT2D eigenvalue weighted by Gasteiger charge is 2.09. The van der Waals surface area contributed by atoms with Gasteiger partial charge in [0.25, 0.3) is 0 Å². The Balaban J connectivity index is 1.66. The summed E-state index contributed by atoms with van der Waals surface area (Å²) in [7, 11) is 0. The van der Waals surface area contributed by atoms with E-state index in [4.69, 9.17) is 9.47 Å². The summed E-state index contributed by atoms with van der Waals surface area (Å²) in [6.07, 6.45) is 0. The van der Waals surface area contributed by atoms with E-state index < -0.39 is 0 Å². The number of morpholine rings is 1. The van der Waals surface area contributed by atoms with Gasteiger partial charge in [-0.1, -0.05) is 30.3 Å². The molecule has 3 heteroatoms. The number of ether oxygens (including phenoxy) is 2. The maximum atomic E-state index is 5.63. The van der Waals surface area contributed by atoms with Crippen LogP contribution in [0.1, 0.15) is 5.56 Å². The van der Waals surface area contributed by atoms with E-state index in [1.165, 1.54) is 5.56 Å². The second kappa shape index (κ2) is 5.85. The van der Waals surface area contributed by atoms with Crippen molar-refractivity contribution in [2.75, 3.05) is 33.0 Å². The van der Waals surface area contributed by atoms with Gasteiger partial charge in [0, 0.05) is 13.1 Å². The van der Waals surface area contributed by atoms with Gasteiger partial charge in [-0.2, -0.15) is 0 Å². The second-order valence-corrected chi connectivity index (χ2v) is 3.69. The Hall–Kier alpha value is -0.900. The Labute approximate surface area is 90.6 Å². The molecular weight excluding hydrogens is 190 g/mol. The van der Waals surface area contributed by atoms with Crippen LogP contribution < -0.4 is 0 Å². The molecule has 1 aliphatic heterocycles. The molecule has 0 spiro atoms. The van der Waals surface area contributed by atoms with Gasteiger partial charge in [0.15, 0.2) is 0 Å². The minimum Gasteiger partial charge on any atom is -0.379 e. The summed E-state index contributed by atoms with van der Waals surface area (Å²) in [5, 5.41) is 0. The molecule has 1 aromatic carbocycles. The molecule has 1 fully saturated rings. The van der Waals surface area contributed by atoms with Crippen molar-refractivity contribution in [3.8, 4) is 0 Å². The van der Waals surface area contributed by atoms with Crippen molar-refractivity contribution in [3.63, 3.8) is 0 Å². The van der Waals surface area contributed by atoms with Crippen LogP contribution in [0.4, 0.5) is 0 Å². The van der Waals surface area contributed by atoms with Crippen LogP contribution in [0.2, 0.25) is 0 Å². The molecule has 0 atom stereocenters. The highest BCUT2D eigenvalue weighted by molar-refractivity contribution is 5.13. The molecule has 2 rings (SSSR count). The van der Waals surface area contributed by atoms with Crippen molar-refractivity contribution in [1.82, 2.24) is 4.90 Å². The summed E-state index contributed by atoms with van der Waals surface area (Å²) < 4.78 is 10.9. The van der Waals surface area contributed by atoms with Crippen molar-refractivity contribution in [2.45, 2.75) is 6.61 Å². The molecule has 1 heterocycles. The zero-order valence-electron chi connectivity index (χ0n) is 8.89. The Kier molecular flexibility index (Phi) is 4.14. The van der Waals surface area contributed by atoms with E-state index >= 15 is 0 Å². The van der Waals surface area contributed by atoms with E-state index in [9.17, 15) is 0 Å². The van der Waals surface area contributed by atoms with Crippen molar-refractivity contribution in [2.24, 2.45) is 0 Å². The summed E-state index contributed by atoms with van der Waals surface area (Å²) in [6, 6.07) is 10.3. The minimum atomic E-state index is 0.693. The summed E-state index contributed by atoms with van der Waals surface area (Å²) in [4.78, 5) is 2.27. The van der Waals surface area contributed by atoms with Gasteiger partial charge in [-0.3, -0.25) is 4.90 Å². The first kappa shape index (κ1) is 10.6. The Morgan fingerprint density at radius 3 is 2.60 bits per heavy atom. The predicted octanol–water partition coefficient (Wildman–Crippen LogP) is 1.49. The smallest absolute Gasteiger partial charge is 0.0996 e. The molecule has 82 valence electrons. The fraction of sp³-hybridized carbons (Fsp3) is 0.500. The van der Waals surface area contributed by atoms with Crippen LogP contribution in [0.25, 0.3) is 0 Å². The average Bonchev–Trinajstić information content (AvgIpc) is 2.32. The van der Waals surface area contributed by atoms with E-state index in [-0.39, 0.29) is 0 Å². The van der Waals surface area contributed by atoms with Gasteiger partial charge >= 0.3 is 0 Å². The highest BCUT2D eigenvalue weighted by Crippen LogP contribution is 2.02. The summed E-state index contributed by atoms with van der Waals surface area (Å²) in [6.45, 7) is 5.02. The molecular formula is C12H17NO2. The molecule has 0 bridgehead atoms. The predicted molar refractivity (Wildman–Crippen MR) is 58.5 cm³/mol. The molecule has 0 aromatic heterocycles. The third-order valence-corrected chi connectivity index (χ3v) is 2.49. The molecule has 0 amide bonds. The van der Waals surface area contributed by atoms with Crippen LogP contribution in [-0.2, 0) is 16.1 Å². The third-order valence-electron chi connectivity index (χ3n) is 2.49. The summed E-state index contributed by atoms with van der Waals surface area (Å²) >= 11 is 0. The van der Waals surface area contributed by atoms with Crippen LogP contribution in [0.15, 0.2) is 30.3 Å². The fourth-order valence-electron chi connectivity index (χ4n) is 1.60. The molecule has 0 unspecified atom stereocenters. The first-order valence-corrected chi connectivity index (χ1v) is 5.37. The van der Waals surface area contributed by atoms with Crippen LogP contribution in [-0.4, -0.2) is 37.9 Å².